The molecule has 27 heavy (non-hydrogen) atoms. The molecule has 0 atom stereocenters. The van der Waals surface area contributed by atoms with E-state index < -0.39 is 23.4 Å². The smallest absolute Gasteiger partial charge is 0.337 e. The lowest BCUT2D eigenvalue weighted by molar-refractivity contribution is 0.0601. The molecule has 0 aliphatic heterocycles. The molecule has 6 nitrogen and oxygen atoms in total. The molecule has 2 aromatic carbocycles. The number of carbonyl (C=O) groups is 1. The number of esters is 1. The highest BCUT2D eigenvalue weighted by Crippen LogP contribution is 2.23. The molecule has 0 radical (unpaired) electrons. The van der Waals surface area contributed by atoms with Gasteiger partial charge in [0.2, 0.25) is 5.95 Å². The van der Waals surface area contributed by atoms with Crippen molar-refractivity contribution in [2.45, 2.75) is 0 Å². The number of methoxy groups -OCH3 is 1. The minimum Gasteiger partial charge on any atom is -0.465 e. The quantitative estimate of drug-likeness (QED) is 0.516. The van der Waals surface area contributed by atoms with Crippen LogP contribution < -0.4 is 10.6 Å². The summed E-state index contributed by atoms with van der Waals surface area (Å²) >= 11 is 0. The van der Waals surface area contributed by atoms with Crippen LogP contribution in [0, 0.1) is 17.5 Å². The molecule has 1 heterocycles. The number of rotatable bonds is 5. The molecule has 0 fully saturated rings. The molecule has 138 valence electrons. The number of halogens is 3. The standard InChI is InChI=1S/C18H13F3N4O2/c1-27-17(26)10-2-4-11(5-3-10)23-14-8-9-22-18(25-14)24-13-7-6-12(19)15(20)16(13)21/h2-9H,1H3,(H2,22,23,24,25). The summed E-state index contributed by atoms with van der Waals surface area (Å²) in [6.07, 6.45) is 1.40. The molecule has 0 saturated carbocycles. The molecule has 0 unspecified atom stereocenters. The molecule has 3 rings (SSSR count). The van der Waals surface area contributed by atoms with Crippen LogP contribution in [0.15, 0.2) is 48.7 Å². The topological polar surface area (TPSA) is 76.1 Å². The molecule has 0 saturated heterocycles. The van der Waals surface area contributed by atoms with Crippen molar-refractivity contribution in [2.75, 3.05) is 17.7 Å². The number of nitrogens with zero attached hydrogens (tertiary/aromatic N) is 2. The van der Waals surface area contributed by atoms with Gasteiger partial charge in [0.25, 0.3) is 0 Å². The van der Waals surface area contributed by atoms with Crippen molar-refractivity contribution < 1.29 is 22.7 Å². The van der Waals surface area contributed by atoms with Crippen LogP contribution in [0.5, 0.6) is 0 Å². The van der Waals surface area contributed by atoms with E-state index in [1.807, 2.05) is 0 Å². The zero-order valence-electron chi connectivity index (χ0n) is 14.0. The third kappa shape index (κ3) is 4.14. The number of hydrogen-bond donors (Lipinski definition) is 2. The minimum absolute atomic E-state index is 0.0175. The summed E-state index contributed by atoms with van der Waals surface area (Å²) in [6.45, 7) is 0. The lowest BCUT2D eigenvalue weighted by Crippen LogP contribution is -2.04. The zero-order chi connectivity index (χ0) is 19.4. The average Bonchev–Trinajstić information content (AvgIpc) is 2.69. The lowest BCUT2D eigenvalue weighted by Gasteiger charge is -2.10. The van der Waals surface area contributed by atoms with Gasteiger partial charge in [0.1, 0.15) is 5.82 Å². The van der Waals surface area contributed by atoms with Gasteiger partial charge in [-0.2, -0.15) is 4.98 Å². The Morgan fingerprint density at radius 1 is 0.963 bits per heavy atom. The van der Waals surface area contributed by atoms with Crippen LogP contribution in [-0.2, 0) is 4.74 Å². The first-order valence-electron chi connectivity index (χ1n) is 7.67. The molecule has 1 aromatic heterocycles. The van der Waals surface area contributed by atoms with Crippen LogP contribution >= 0.6 is 0 Å². The van der Waals surface area contributed by atoms with E-state index in [1.165, 1.54) is 13.3 Å². The van der Waals surface area contributed by atoms with Crippen LogP contribution in [0.4, 0.5) is 36.3 Å². The maximum atomic E-state index is 13.7. The predicted octanol–water partition coefficient (Wildman–Crippen LogP) is 4.17. The van der Waals surface area contributed by atoms with E-state index >= 15 is 0 Å². The highest BCUT2D eigenvalue weighted by Gasteiger charge is 2.14. The van der Waals surface area contributed by atoms with Gasteiger partial charge in [-0.3, -0.25) is 0 Å². The highest BCUT2D eigenvalue weighted by atomic mass is 19.2. The molecular weight excluding hydrogens is 361 g/mol. The maximum Gasteiger partial charge on any atom is 0.337 e. The van der Waals surface area contributed by atoms with Crippen molar-refractivity contribution in [3.63, 3.8) is 0 Å². The van der Waals surface area contributed by atoms with Crippen molar-refractivity contribution in [2.24, 2.45) is 0 Å². The van der Waals surface area contributed by atoms with E-state index in [-0.39, 0.29) is 11.6 Å². The van der Waals surface area contributed by atoms with Gasteiger partial charge in [-0.05, 0) is 42.5 Å². The van der Waals surface area contributed by atoms with E-state index in [4.69, 9.17) is 0 Å². The molecule has 0 aliphatic rings. The predicted molar refractivity (Wildman–Crippen MR) is 92.7 cm³/mol. The average molecular weight is 374 g/mol. The normalized spacial score (nSPS) is 10.4. The fourth-order valence-electron chi connectivity index (χ4n) is 2.19. The molecule has 2 N–H and O–H groups in total. The molecule has 0 aliphatic carbocycles. The summed E-state index contributed by atoms with van der Waals surface area (Å²) in [4.78, 5) is 19.5. The first-order chi connectivity index (χ1) is 13.0. The van der Waals surface area contributed by atoms with Gasteiger partial charge < -0.3 is 15.4 Å². The number of benzene rings is 2. The van der Waals surface area contributed by atoms with Gasteiger partial charge in [0.15, 0.2) is 17.5 Å². The van der Waals surface area contributed by atoms with Crippen LogP contribution in [0.3, 0.4) is 0 Å². The zero-order valence-corrected chi connectivity index (χ0v) is 14.0. The number of carbonyl (C=O) groups excluding carboxylic acids is 1. The molecule has 0 bridgehead atoms. The van der Waals surface area contributed by atoms with Crippen molar-refractivity contribution in [3.8, 4) is 0 Å². The van der Waals surface area contributed by atoms with Crippen LogP contribution in [0.25, 0.3) is 0 Å². The van der Waals surface area contributed by atoms with Gasteiger partial charge in [-0.1, -0.05) is 0 Å². The molecule has 0 spiro atoms. The van der Waals surface area contributed by atoms with E-state index in [1.54, 1.807) is 30.3 Å². The fraction of sp³-hybridized carbons (Fsp3) is 0.0556. The van der Waals surface area contributed by atoms with Crippen molar-refractivity contribution in [3.05, 3.63) is 71.7 Å². The Morgan fingerprint density at radius 2 is 1.70 bits per heavy atom. The minimum atomic E-state index is -1.58. The summed E-state index contributed by atoms with van der Waals surface area (Å²) in [6, 6.07) is 9.85. The summed E-state index contributed by atoms with van der Waals surface area (Å²) < 4.78 is 44.7. The first-order valence-corrected chi connectivity index (χ1v) is 7.67. The van der Waals surface area contributed by atoms with Crippen molar-refractivity contribution in [1.29, 1.82) is 0 Å². The Kier molecular flexibility index (Phi) is 5.20. The number of aromatic nitrogens is 2. The van der Waals surface area contributed by atoms with E-state index in [2.05, 4.69) is 25.3 Å². The maximum absolute atomic E-state index is 13.7. The lowest BCUT2D eigenvalue weighted by atomic mass is 10.2. The fourth-order valence-corrected chi connectivity index (χ4v) is 2.19. The Bertz CT molecular complexity index is 981. The van der Waals surface area contributed by atoms with Crippen molar-refractivity contribution in [1.82, 2.24) is 9.97 Å². The van der Waals surface area contributed by atoms with Crippen LogP contribution in [0.1, 0.15) is 10.4 Å². The summed E-state index contributed by atoms with van der Waals surface area (Å²) in [7, 11) is 1.29. The highest BCUT2D eigenvalue weighted by molar-refractivity contribution is 5.89. The first kappa shape index (κ1) is 18.2. The van der Waals surface area contributed by atoms with Crippen LogP contribution in [0.2, 0.25) is 0 Å². The van der Waals surface area contributed by atoms with Gasteiger partial charge >= 0.3 is 5.97 Å². The third-order valence-corrected chi connectivity index (χ3v) is 3.52. The largest absolute Gasteiger partial charge is 0.465 e. The second kappa shape index (κ2) is 7.73. The Morgan fingerprint density at radius 3 is 2.41 bits per heavy atom. The van der Waals surface area contributed by atoms with E-state index in [9.17, 15) is 18.0 Å². The van der Waals surface area contributed by atoms with Gasteiger partial charge in [-0.15, -0.1) is 0 Å². The molecule has 9 heteroatoms. The Hall–Kier alpha value is -3.62. The van der Waals surface area contributed by atoms with Crippen LogP contribution in [-0.4, -0.2) is 23.0 Å². The number of ether oxygens (including phenoxy) is 1. The molecular formula is C18H13F3N4O2. The second-order valence-electron chi connectivity index (χ2n) is 5.31. The van der Waals surface area contributed by atoms with E-state index in [0.717, 1.165) is 12.1 Å². The van der Waals surface area contributed by atoms with E-state index in [0.29, 0.717) is 17.1 Å². The summed E-state index contributed by atoms with van der Waals surface area (Å²) in [5, 5.41) is 5.47. The van der Waals surface area contributed by atoms with Gasteiger partial charge in [-0.25, -0.2) is 22.9 Å². The molecule has 3 aromatic rings. The second-order valence-corrected chi connectivity index (χ2v) is 5.31. The monoisotopic (exact) mass is 374 g/mol. The summed E-state index contributed by atoms with van der Waals surface area (Å²) in [5.41, 5.74) is 0.724. The molecule has 0 amide bonds. The van der Waals surface area contributed by atoms with Gasteiger partial charge in [0, 0.05) is 11.9 Å². The van der Waals surface area contributed by atoms with Crippen molar-refractivity contribution >= 4 is 29.1 Å². The summed E-state index contributed by atoms with van der Waals surface area (Å²) in [5.74, 6) is -4.35. The SMILES string of the molecule is COC(=O)c1ccc(Nc2ccnc(Nc3ccc(F)c(F)c3F)n2)cc1. The Labute approximate surface area is 152 Å². The number of anilines is 4. The number of hydrogen-bond acceptors (Lipinski definition) is 6. The van der Waals surface area contributed by atoms with Gasteiger partial charge in [0.05, 0.1) is 18.4 Å². The third-order valence-electron chi connectivity index (χ3n) is 3.52. The number of nitrogens with one attached hydrogen (secondary N) is 2. The Balaban J connectivity index is 1.76.